The lowest BCUT2D eigenvalue weighted by molar-refractivity contribution is 0.483. The molecule has 9 aromatic rings. The molecule has 0 spiro atoms. The first-order chi connectivity index (χ1) is 23.8. The monoisotopic (exact) mass is 636 g/mol. The minimum Gasteiger partial charge on any atom is -0.457 e. The first-order valence-corrected chi connectivity index (χ1v) is 16.9. The van der Waals surface area contributed by atoms with Gasteiger partial charge in [0.25, 0.3) is 0 Å². The van der Waals surface area contributed by atoms with Crippen molar-refractivity contribution in [3.8, 4) is 17.3 Å². The summed E-state index contributed by atoms with van der Waals surface area (Å²) in [5, 5.41) is 4.80. The largest absolute Gasteiger partial charge is 0.457 e. The smallest absolute Gasteiger partial charge is 0.138 e. The first-order valence-electron chi connectivity index (χ1n) is 16.1. The van der Waals surface area contributed by atoms with Gasteiger partial charge in [0.1, 0.15) is 24.0 Å². The Morgan fingerprint density at radius 2 is 1.19 bits per heavy atom. The predicted molar refractivity (Wildman–Crippen MR) is 200 cm³/mol. The molecule has 0 fully saturated rings. The molecule has 0 aliphatic carbocycles. The van der Waals surface area contributed by atoms with Crippen LogP contribution in [0.5, 0.6) is 11.5 Å². The second-order valence-corrected chi connectivity index (χ2v) is 13.2. The Morgan fingerprint density at radius 1 is 0.500 bits per heavy atom. The molecule has 0 radical (unpaired) electrons. The summed E-state index contributed by atoms with van der Waals surface area (Å²) in [4.78, 5) is 9.69. The van der Waals surface area contributed by atoms with E-state index in [2.05, 4.69) is 160 Å². The highest BCUT2D eigenvalue weighted by Gasteiger charge is 2.27. The van der Waals surface area contributed by atoms with Crippen LogP contribution in [0.3, 0.4) is 0 Å². The van der Waals surface area contributed by atoms with Crippen LogP contribution in [0.4, 0.5) is 22.7 Å². The normalized spacial score (nSPS) is 12.8. The highest BCUT2D eigenvalue weighted by molar-refractivity contribution is 7.25. The third-order valence-electron chi connectivity index (χ3n) is 9.30. The van der Waals surface area contributed by atoms with Gasteiger partial charge in [-0.1, -0.05) is 72.8 Å². The number of rotatable bonds is 5. The molecule has 0 amide bonds. The number of pyridine rings is 1. The molecule has 0 atom stereocenters. The van der Waals surface area contributed by atoms with Crippen molar-refractivity contribution >= 4 is 76.1 Å². The van der Waals surface area contributed by atoms with E-state index in [9.17, 15) is 0 Å². The van der Waals surface area contributed by atoms with Gasteiger partial charge in [0.2, 0.25) is 0 Å². The number of aromatic nitrogens is 2. The maximum atomic E-state index is 6.61. The van der Waals surface area contributed by atoms with Gasteiger partial charge in [-0.3, -0.25) is 4.57 Å². The summed E-state index contributed by atoms with van der Waals surface area (Å²) >= 11 is 1.81. The lowest BCUT2D eigenvalue weighted by atomic mass is 10.1. The van der Waals surface area contributed by atoms with E-state index in [1.807, 2.05) is 23.6 Å². The molecule has 6 heteroatoms. The Kier molecular flexibility index (Phi) is 6.04. The molecule has 3 aromatic heterocycles. The third-order valence-corrected chi connectivity index (χ3v) is 10.4. The molecule has 0 bridgehead atoms. The molecule has 1 aliphatic rings. The molecule has 228 valence electrons. The quantitative estimate of drug-likeness (QED) is 0.188. The number of anilines is 4. The Balaban J connectivity index is 1.03. The van der Waals surface area contributed by atoms with Gasteiger partial charge >= 0.3 is 0 Å². The van der Waals surface area contributed by atoms with E-state index in [0.717, 1.165) is 40.7 Å². The van der Waals surface area contributed by atoms with Gasteiger partial charge in [-0.05, 0) is 66.7 Å². The molecular weight excluding hydrogens is 609 g/mol. The zero-order chi connectivity index (χ0) is 31.6. The number of para-hydroxylation sites is 4. The van der Waals surface area contributed by atoms with Crippen molar-refractivity contribution in [3.05, 3.63) is 158 Å². The summed E-state index contributed by atoms with van der Waals surface area (Å²) in [5.41, 5.74) is 6.79. The van der Waals surface area contributed by atoms with Crippen LogP contribution in [0.15, 0.2) is 158 Å². The molecular formula is C42H28N4OS. The fraction of sp³-hybridized carbons (Fsp3) is 0.0238. The van der Waals surface area contributed by atoms with E-state index in [4.69, 9.17) is 9.72 Å². The molecule has 1 aliphatic heterocycles. The van der Waals surface area contributed by atoms with Crippen LogP contribution in [0.25, 0.3) is 47.8 Å². The molecule has 48 heavy (non-hydrogen) atoms. The lowest BCUT2D eigenvalue weighted by Crippen LogP contribution is -2.23. The van der Waals surface area contributed by atoms with E-state index in [-0.39, 0.29) is 0 Å². The molecule has 0 unspecified atom stereocenters. The van der Waals surface area contributed by atoms with Gasteiger partial charge < -0.3 is 14.5 Å². The highest BCUT2D eigenvalue weighted by Crippen LogP contribution is 2.45. The van der Waals surface area contributed by atoms with Gasteiger partial charge in [0.15, 0.2) is 0 Å². The second kappa shape index (κ2) is 10.7. The Morgan fingerprint density at radius 3 is 2.06 bits per heavy atom. The zero-order valence-electron chi connectivity index (χ0n) is 25.8. The van der Waals surface area contributed by atoms with E-state index < -0.39 is 0 Å². The number of nitrogens with zero attached hydrogens (tertiary/aromatic N) is 4. The standard InChI is InChI=1S/C42H28N4OS/c1-2-11-28(12-3-1)44-27-45(38-19-8-7-18-37(38)44)29-13-10-14-30(23-29)47-31-21-22-33-32-15-4-6-17-36(32)46(39(33)24-31)42-25-41-35(26-43-42)34-16-5-9-20-40(34)48-41/h1-26H,27H2. The topological polar surface area (TPSA) is 33.5 Å². The van der Waals surface area contributed by atoms with Crippen LogP contribution in [0.2, 0.25) is 0 Å². The van der Waals surface area contributed by atoms with Gasteiger partial charge in [-0.15, -0.1) is 11.3 Å². The summed E-state index contributed by atoms with van der Waals surface area (Å²) in [6.45, 7) is 0.718. The summed E-state index contributed by atoms with van der Waals surface area (Å²) in [6, 6.07) is 53.2. The Labute approximate surface area is 281 Å². The van der Waals surface area contributed by atoms with Crippen LogP contribution in [0.1, 0.15) is 0 Å². The molecule has 0 N–H and O–H groups in total. The van der Waals surface area contributed by atoms with E-state index >= 15 is 0 Å². The summed E-state index contributed by atoms with van der Waals surface area (Å²) in [6.07, 6.45) is 2.02. The minimum absolute atomic E-state index is 0.718. The van der Waals surface area contributed by atoms with Crippen molar-refractivity contribution in [2.45, 2.75) is 0 Å². The van der Waals surface area contributed by atoms with Crippen LogP contribution in [-0.2, 0) is 0 Å². The number of fused-ring (bicyclic) bond motifs is 7. The van der Waals surface area contributed by atoms with Crippen LogP contribution in [0, 0.1) is 0 Å². The molecule has 6 aromatic carbocycles. The Bertz CT molecular complexity index is 2660. The number of hydrogen-bond donors (Lipinski definition) is 0. The summed E-state index contributed by atoms with van der Waals surface area (Å²) in [7, 11) is 0. The third kappa shape index (κ3) is 4.27. The predicted octanol–water partition coefficient (Wildman–Crippen LogP) is 11.6. The Hall–Kier alpha value is -6.11. The average Bonchev–Trinajstić information content (AvgIpc) is 3.81. The molecule has 0 saturated carbocycles. The van der Waals surface area contributed by atoms with Gasteiger partial charge in [-0.2, -0.15) is 0 Å². The highest BCUT2D eigenvalue weighted by atomic mass is 32.1. The van der Waals surface area contributed by atoms with Crippen molar-refractivity contribution in [2.24, 2.45) is 0 Å². The minimum atomic E-state index is 0.718. The van der Waals surface area contributed by atoms with Crippen molar-refractivity contribution in [1.82, 2.24) is 9.55 Å². The number of hydrogen-bond acceptors (Lipinski definition) is 5. The first kappa shape index (κ1) is 27.0. The van der Waals surface area contributed by atoms with Crippen LogP contribution in [-0.4, -0.2) is 16.2 Å². The van der Waals surface area contributed by atoms with Crippen LogP contribution < -0.4 is 14.5 Å². The zero-order valence-corrected chi connectivity index (χ0v) is 26.6. The van der Waals surface area contributed by atoms with Crippen molar-refractivity contribution in [1.29, 1.82) is 0 Å². The van der Waals surface area contributed by atoms with Crippen molar-refractivity contribution < 1.29 is 4.74 Å². The maximum Gasteiger partial charge on any atom is 0.138 e. The number of benzene rings is 6. The van der Waals surface area contributed by atoms with Crippen LogP contribution >= 0.6 is 11.3 Å². The van der Waals surface area contributed by atoms with E-state index in [1.54, 1.807) is 0 Å². The molecule has 0 saturated heterocycles. The molecule has 5 nitrogen and oxygen atoms in total. The summed E-state index contributed by atoms with van der Waals surface area (Å²) in [5.74, 6) is 2.46. The van der Waals surface area contributed by atoms with Gasteiger partial charge in [0.05, 0.1) is 22.4 Å². The SMILES string of the molecule is c1ccc(N2CN(c3cccc(Oc4ccc5c6ccccc6n(-c6cc7sc8ccccc8c7cn6)c5c4)c3)c3ccccc32)cc1. The number of thiophene rings is 1. The fourth-order valence-electron chi connectivity index (χ4n) is 7.11. The van der Waals surface area contributed by atoms with Crippen molar-refractivity contribution in [3.63, 3.8) is 0 Å². The van der Waals surface area contributed by atoms with E-state index in [0.29, 0.717) is 0 Å². The second-order valence-electron chi connectivity index (χ2n) is 12.1. The molecule has 4 heterocycles. The van der Waals surface area contributed by atoms with Crippen molar-refractivity contribution in [2.75, 3.05) is 16.5 Å². The maximum absolute atomic E-state index is 6.61. The molecule has 10 rings (SSSR count). The van der Waals surface area contributed by atoms with Gasteiger partial charge in [0, 0.05) is 60.6 Å². The van der Waals surface area contributed by atoms with Gasteiger partial charge in [-0.25, -0.2) is 4.98 Å². The van der Waals surface area contributed by atoms with E-state index in [1.165, 1.54) is 48.0 Å². The lowest BCUT2D eigenvalue weighted by Gasteiger charge is -2.22. The summed E-state index contributed by atoms with van der Waals surface area (Å²) < 4.78 is 11.4. The number of ether oxygens (including phenoxy) is 1. The average molecular weight is 637 g/mol. The fourth-order valence-corrected chi connectivity index (χ4v) is 8.22.